The van der Waals surface area contributed by atoms with Crippen molar-refractivity contribution in [2.24, 2.45) is 17.4 Å². The lowest BCUT2D eigenvalue weighted by molar-refractivity contribution is -0.128. The number of hydrogen-bond donors (Lipinski definition) is 3. The highest BCUT2D eigenvalue weighted by atomic mass is 16.3. The van der Waals surface area contributed by atoms with Crippen molar-refractivity contribution in [1.29, 1.82) is 0 Å². The molecule has 1 fully saturated rings. The molecule has 1 saturated heterocycles. The van der Waals surface area contributed by atoms with E-state index in [2.05, 4.69) is 25.8 Å². The van der Waals surface area contributed by atoms with Crippen molar-refractivity contribution < 1.29 is 14.7 Å². The van der Waals surface area contributed by atoms with Gasteiger partial charge in [0.2, 0.25) is 0 Å². The molecule has 6 nitrogen and oxygen atoms in total. The molecule has 0 bridgehead atoms. The van der Waals surface area contributed by atoms with Gasteiger partial charge in [-0.05, 0) is 30.4 Å². The van der Waals surface area contributed by atoms with Crippen molar-refractivity contribution in [3.05, 3.63) is 72.6 Å². The van der Waals surface area contributed by atoms with Gasteiger partial charge in [0.25, 0.3) is 11.8 Å². The van der Waals surface area contributed by atoms with E-state index in [1.165, 1.54) is 0 Å². The van der Waals surface area contributed by atoms with Gasteiger partial charge in [-0.2, -0.15) is 0 Å². The first-order valence-corrected chi connectivity index (χ1v) is 8.36. The molecule has 0 aliphatic carbocycles. The summed E-state index contributed by atoms with van der Waals surface area (Å²) in [7, 11) is 0. The average Bonchev–Trinajstić information content (AvgIpc) is 2.63. The van der Waals surface area contributed by atoms with Crippen molar-refractivity contribution in [1.82, 2.24) is 4.90 Å². The SMILES string of the molecule is C=C(/C=C\C=C\C1CCN(C(=O)C(=C)/C=C(/O)C(=C)C(N)=O)CC1)CN. The Balaban J connectivity index is 2.54. The number of likely N-dealkylation sites (tertiary alicyclic amines) is 1. The van der Waals surface area contributed by atoms with Gasteiger partial charge in [0.1, 0.15) is 5.76 Å². The Morgan fingerprint density at radius 3 is 2.31 bits per heavy atom. The number of carbonyl (C=O) groups is 2. The van der Waals surface area contributed by atoms with Crippen molar-refractivity contribution >= 4 is 11.8 Å². The van der Waals surface area contributed by atoms with Crippen LogP contribution in [0.1, 0.15) is 12.8 Å². The molecular weight excluding hydrogens is 330 g/mol. The summed E-state index contributed by atoms with van der Waals surface area (Å²) in [6.45, 7) is 12.4. The van der Waals surface area contributed by atoms with Gasteiger partial charge in [0.15, 0.2) is 0 Å². The van der Waals surface area contributed by atoms with Crippen LogP contribution in [0.15, 0.2) is 72.6 Å². The third-order valence-corrected chi connectivity index (χ3v) is 4.11. The van der Waals surface area contributed by atoms with Crippen molar-refractivity contribution in [3.63, 3.8) is 0 Å². The molecule has 2 amide bonds. The summed E-state index contributed by atoms with van der Waals surface area (Å²) < 4.78 is 0. The van der Waals surface area contributed by atoms with Crippen LogP contribution in [0.4, 0.5) is 0 Å². The van der Waals surface area contributed by atoms with Crippen LogP contribution < -0.4 is 11.5 Å². The van der Waals surface area contributed by atoms with Gasteiger partial charge in [-0.1, -0.05) is 44.0 Å². The van der Waals surface area contributed by atoms with Crippen molar-refractivity contribution in [2.75, 3.05) is 19.6 Å². The van der Waals surface area contributed by atoms with Crippen LogP contribution in [0.2, 0.25) is 0 Å². The molecule has 1 aliphatic heterocycles. The zero-order valence-corrected chi connectivity index (χ0v) is 15.0. The monoisotopic (exact) mass is 357 g/mol. The Morgan fingerprint density at radius 2 is 1.77 bits per heavy atom. The molecule has 0 radical (unpaired) electrons. The van der Waals surface area contributed by atoms with Crippen LogP contribution in [0, 0.1) is 5.92 Å². The summed E-state index contributed by atoms with van der Waals surface area (Å²) in [6, 6.07) is 0. The highest BCUT2D eigenvalue weighted by molar-refractivity contribution is 5.98. The molecule has 1 aliphatic rings. The standard InChI is InChI=1S/C20H27N3O3/c1-14(13-21)6-4-5-7-17-8-10-23(11-9-17)20(26)15(2)12-18(24)16(3)19(22)25/h4-7,12,17,24H,1-3,8-11,13,21H2,(H2,22,25)/b6-4-,7-5+,18-12+. The second-order valence-electron chi connectivity index (χ2n) is 6.13. The zero-order chi connectivity index (χ0) is 19.7. The Kier molecular flexibility index (Phi) is 8.31. The Hall–Kier alpha value is -2.86. The Labute approximate surface area is 154 Å². The van der Waals surface area contributed by atoms with Gasteiger partial charge >= 0.3 is 0 Å². The maximum atomic E-state index is 12.4. The van der Waals surface area contributed by atoms with Crippen LogP contribution in [0.3, 0.4) is 0 Å². The topological polar surface area (TPSA) is 110 Å². The van der Waals surface area contributed by atoms with E-state index < -0.39 is 11.7 Å². The maximum Gasteiger partial charge on any atom is 0.253 e. The number of aliphatic hydroxyl groups is 1. The predicted octanol–water partition coefficient (Wildman–Crippen LogP) is 1.89. The molecular formula is C20H27N3O3. The van der Waals surface area contributed by atoms with E-state index in [4.69, 9.17) is 11.5 Å². The number of aliphatic hydroxyl groups excluding tert-OH is 1. The van der Waals surface area contributed by atoms with Gasteiger partial charge < -0.3 is 21.5 Å². The third-order valence-electron chi connectivity index (χ3n) is 4.11. The fourth-order valence-corrected chi connectivity index (χ4v) is 2.42. The second kappa shape index (κ2) is 10.2. The van der Waals surface area contributed by atoms with Crippen molar-refractivity contribution in [2.45, 2.75) is 12.8 Å². The largest absolute Gasteiger partial charge is 0.507 e. The molecule has 0 aromatic carbocycles. The number of piperidine rings is 1. The van der Waals surface area contributed by atoms with E-state index in [-0.39, 0.29) is 17.1 Å². The van der Waals surface area contributed by atoms with Crippen LogP contribution in [-0.4, -0.2) is 41.5 Å². The quantitative estimate of drug-likeness (QED) is 0.350. The van der Waals surface area contributed by atoms with E-state index in [1.54, 1.807) is 4.90 Å². The second-order valence-corrected chi connectivity index (χ2v) is 6.13. The molecule has 0 aromatic rings. The van der Waals surface area contributed by atoms with Crippen LogP contribution >= 0.6 is 0 Å². The molecule has 1 rings (SSSR count). The Morgan fingerprint density at radius 1 is 1.15 bits per heavy atom. The first-order valence-electron chi connectivity index (χ1n) is 8.36. The molecule has 26 heavy (non-hydrogen) atoms. The van der Waals surface area contributed by atoms with E-state index in [9.17, 15) is 14.7 Å². The summed E-state index contributed by atoms with van der Waals surface area (Å²) in [6.07, 6.45) is 10.7. The number of amides is 2. The molecule has 0 saturated carbocycles. The Bertz CT molecular complexity index is 678. The average molecular weight is 357 g/mol. The van der Waals surface area contributed by atoms with E-state index in [1.807, 2.05) is 18.2 Å². The van der Waals surface area contributed by atoms with E-state index in [0.717, 1.165) is 24.5 Å². The number of primary amides is 1. The molecule has 5 N–H and O–H groups in total. The minimum Gasteiger partial charge on any atom is -0.507 e. The minimum atomic E-state index is -0.851. The number of allylic oxidation sites excluding steroid dienone is 3. The summed E-state index contributed by atoms with van der Waals surface area (Å²) in [5.74, 6) is -1.19. The maximum absolute atomic E-state index is 12.4. The highest BCUT2D eigenvalue weighted by Gasteiger charge is 2.22. The molecule has 6 heteroatoms. The molecule has 0 atom stereocenters. The molecule has 0 unspecified atom stereocenters. The summed E-state index contributed by atoms with van der Waals surface area (Å²) >= 11 is 0. The van der Waals surface area contributed by atoms with Gasteiger partial charge in [0.05, 0.1) is 5.57 Å². The summed E-state index contributed by atoms with van der Waals surface area (Å²) in [5, 5.41) is 9.72. The van der Waals surface area contributed by atoms with E-state index >= 15 is 0 Å². The van der Waals surface area contributed by atoms with Gasteiger partial charge in [-0.15, -0.1) is 0 Å². The number of rotatable bonds is 8. The molecule has 0 spiro atoms. The van der Waals surface area contributed by atoms with Gasteiger partial charge in [0, 0.05) is 25.2 Å². The molecule has 1 heterocycles. The van der Waals surface area contributed by atoms with E-state index in [0.29, 0.717) is 25.6 Å². The molecule has 140 valence electrons. The predicted molar refractivity (Wildman–Crippen MR) is 104 cm³/mol. The number of nitrogens with zero attached hydrogens (tertiary/aromatic N) is 1. The van der Waals surface area contributed by atoms with Crippen LogP contribution in [-0.2, 0) is 9.59 Å². The highest BCUT2D eigenvalue weighted by Crippen LogP contribution is 2.20. The fraction of sp³-hybridized carbons (Fsp3) is 0.300. The normalized spacial score (nSPS) is 16.2. The lowest BCUT2D eigenvalue weighted by atomic mass is 9.95. The number of nitrogens with two attached hydrogens (primary N) is 2. The number of hydrogen-bond acceptors (Lipinski definition) is 4. The van der Waals surface area contributed by atoms with Crippen molar-refractivity contribution in [3.8, 4) is 0 Å². The first kappa shape index (κ1) is 21.2. The zero-order valence-electron chi connectivity index (χ0n) is 15.0. The lowest BCUT2D eigenvalue weighted by Gasteiger charge is -2.30. The smallest absolute Gasteiger partial charge is 0.253 e. The van der Waals surface area contributed by atoms with Gasteiger partial charge in [-0.25, -0.2) is 0 Å². The summed E-state index contributed by atoms with van der Waals surface area (Å²) in [4.78, 5) is 25.0. The van der Waals surface area contributed by atoms with Gasteiger partial charge in [-0.3, -0.25) is 9.59 Å². The number of carbonyl (C=O) groups excluding carboxylic acids is 2. The summed E-state index contributed by atoms with van der Waals surface area (Å²) in [5.41, 5.74) is 11.2. The van der Waals surface area contributed by atoms with Crippen LogP contribution in [0.25, 0.3) is 0 Å². The molecule has 0 aromatic heterocycles. The minimum absolute atomic E-state index is 0.0853. The first-order chi connectivity index (χ1) is 12.3. The van der Waals surface area contributed by atoms with Crippen LogP contribution in [0.5, 0.6) is 0 Å². The lowest BCUT2D eigenvalue weighted by Crippen LogP contribution is -2.38. The fourth-order valence-electron chi connectivity index (χ4n) is 2.42. The third kappa shape index (κ3) is 6.57.